The maximum atomic E-state index is 13.1. The fourth-order valence-electron chi connectivity index (χ4n) is 7.83. The summed E-state index contributed by atoms with van der Waals surface area (Å²) in [6.45, 7) is 5.91. The third kappa shape index (κ3) is 3.22. The van der Waals surface area contributed by atoms with Crippen molar-refractivity contribution in [1.82, 2.24) is 4.90 Å². The molecule has 6 atom stereocenters. The third-order valence-corrected chi connectivity index (χ3v) is 9.38. The largest absolute Gasteiger partial charge is 0.309 e. The minimum absolute atomic E-state index is 0.221. The number of ketones is 2. The second-order valence-corrected chi connectivity index (χ2v) is 11.0. The first-order valence-corrected chi connectivity index (χ1v) is 11.7. The molecule has 3 saturated carbocycles. The SMILES string of the molecule is CN(C)CCCC(=O)[C@H]1CC[C@H]2[C@@H]3CCC4=CC(=O)CC[C@]4(C)[C@H]3CC[C@]12C. The van der Waals surface area contributed by atoms with E-state index in [2.05, 4.69) is 32.8 Å². The second kappa shape index (κ2) is 7.38. The van der Waals surface area contributed by atoms with Crippen molar-refractivity contribution in [3.05, 3.63) is 11.6 Å². The topological polar surface area (TPSA) is 37.4 Å². The van der Waals surface area contributed by atoms with E-state index in [0.717, 1.165) is 56.9 Å². The Kier molecular flexibility index (Phi) is 5.35. The molecule has 3 nitrogen and oxygen atoms in total. The van der Waals surface area contributed by atoms with Crippen LogP contribution in [0, 0.1) is 34.5 Å². The third-order valence-electron chi connectivity index (χ3n) is 9.38. The van der Waals surface area contributed by atoms with E-state index >= 15 is 0 Å². The highest BCUT2D eigenvalue weighted by atomic mass is 16.1. The Bertz CT molecular complexity index is 680. The van der Waals surface area contributed by atoms with Crippen LogP contribution in [-0.2, 0) is 9.59 Å². The average Bonchev–Trinajstić information content (AvgIpc) is 2.99. The van der Waals surface area contributed by atoms with Gasteiger partial charge in [-0.2, -0.15) is 0 Å². The molecule has 0 aromatic carbocycles. The summed E-state index contributed by atoms with van der Waals surface area (Å²) in [6.07, 6.45) is 12.7. The molecule has 0 amide bonds. The van der Waals surface area contributed by atoms with E-state index in [4.69, 9.17) is 0 Å². The molecule has 0 heterocycles. The van der Waals surface area contributed by atoms with Crippen LogP contribution in [0.5, 0.6) is 0 Å². The molecule has 0 aliphatic heterocycles. The number of fused-ring (bicyclic) bond motifs is 5. The summed E-state index contributed by atoms with van der Waals surface area (Å²) in [4.78, 5) is 27.3. The standard InChI is InChI=1S/C25H39NO2/c1-24-13-11-18(27)16-17(24)7-8-19-20-9-10-22(23(28)6-5-15-26(3)4)25(20,2)14-12-21(19)24/h16,19-22H,5-15H2,1-4H3/t19-,20-,21-,22+,24-,25-/m0/s1. The minimum atomic E-state index is 0.221. The predicted octanol–water partition coefficient (Wildman–Crippen LogP) is 5.05. The van der Waals surface area contributed by atoms with Gasteiger partial charge in [0.05, 0.1) is 0 Å². The molecule has 0 spiro atoms. The normalized spacial score (nSPS) is 42.6. The van der Waals surface area contributed by atoms with Crippen LogP contribution in [0.4, 0.5) is 0 Å². The molecule has 0 bridgehead atoms. The highest BCUT2D eigenvalue weighted by Gasteiger charge is 2.59. The highest BCUT2D eigenvalue weighted by Crippen LogP contribution is 2.66. The van der Waals surface area contributed by atoms with Gasteiger partial charge in [0.2, 0.25) is 0 Å². The van der Waals surface area contributed by atoms with E-state index in [0.29, 0.717) is 23.4 Å². The van der Waals surface area contributed by atoms with Gasteiger partial charge in [-0.05, 0) is 107 Å². The van der Waals surface area contributed by atoms with Crippen LogP contribution < -0.4 is 0 Å². The summed E-state index contributed by atoms with van der Waals surface area (Å²) >= 11 is 0. The molecule has 28 heavy (non-hydrogen) atoms. The number of carbonyl (C=O) groups is 2. The number of nitrogens with zero attached hydrogens (tertiary/aromatic N) is 1. The van der Waals surface area contributed by atoms with Gasteiger partial charge < -0.3 is 4.90 Å². The molecular weight excluding hydrogens is 346 g/mol. The van der Waals surface area contributed by atoms with Gasteiger partial charge >= 0.3 is 0 Å². The average molecular weight is 386 g/mol. The fourth-order valence-corrected chi connectivity index (χ4v) is 7.83. The van der Waals surface area contributed by atoms with Crippen molar-refractivity contribution in [2.45, 2.75) is 78.1 Å². The summed E-state index contributed by atoms with van der Waals surface area (Å²) in [5.41, 5.74) is 1.91. The summed E-state index contributed by atoms with van der Waals surface area (Å²) < 4.78 is 0. The molecule has 0 radical (unpaired) electrons. The molecule has 0 N–H and O–H groups in total. The molecule has 0 saturated heterocycles. The molecule has 0 aromatic heterocycles. The molecule has 4 rings (SSSR count). The molecule has 3 fully saturated rings. The summed E-state index contributed by atoms with van der Waals surface area (Å²) in [5, 5.41) is 0. The maximum Gasteiger partial charge on any atom is 0.155 e. The highest BCUT2D eigenvalue weighted by molar-refractivity contribution is 5.91. The Morgan fingerprint density at radius 3 is 2.61 bits per heavy atom. The first-order valence-electron chi connectivity index (χ1n) is 11.7. The molecule has 4 aliphatic rings. The van der Waals surface area contributed by atoms with E-state index in [1.165, 1.54) is 31.3 Å². The Hall–Kier alpha value is -0.960. The van der Waals surface area contributed by atoms with E-state index in [9.17, 15) is 9.59 Å². The van der Waals surface area contributed by atoms with E-state index in [1.54, 1.807) is 0 Å². The number of carbonyl (C=O) groups excluding carboxylic acids is 2. The van der Waals surface area contributed by atoms with Crippen LogP contribution in [0.1, 0.15) is 78.1 Å². The molecule has 0 aromatic rings. The zero-order valence-corrected chi connectivity index (χ0v) is 18.4. The number of hydrogen-bond donors (Lipinski definition) is 0. The predicted molar refractivity (Wildman–Crippen MR) is 113 cm³/mol. The van der Waals surface area contributed by atoms with Gasteiger partial charge in [0, 0.05) is 18.8 Å². The van der Waals surface area contributed by atoms with Gasteiger partial charge in [-0.3, -0.25) is 9.59 Å². The number of hydrogen-bond acceptors (Lipinski definition) is 3. The minimum Gasteiger partial charge on any atom is -0.309 e. The molecule has 3 heteroatoms. The van der Waals surface area contributed by atoms with Gasteiger partial charge in [-0.1, -0.05) is 19.4 Å². The first kappa shape index (κ1) is 20.3. The van der Waals surface area contributed by atoms with Crippen molar-refractivity contribution in [1.29, 1.82) is 0 Å². The van der Waals surface area contributed by atoms with E-state index in [-0.39, 0.29) is 10.8 Å². The van der Waals surface area contributed by atoms with Gasteiger partial charge in [0.15, 0.2) is 5.78 Å². The molecule has 156 valence electrons. The lowest BCUT2D eigenvalue weighted by Gasteiger charge is -2.58. The lowest BCUT2D eigenvalue weighted by Crippen LogP contribution is -2.51. The van der Waals surface area contributed by atoms with Gasteiger partial charge in [0.25, 0.3) is 0 Å². The van der Waals surface area contributed by atoms with Crippen LogP contribution >= 0.6 is 0 Å². The first-order chi connectivity index (χ1) is 13.3. The molecular formula is C25H39NO2. The fraction of sp³-hybridized carbons (Fsp3) is 0.840. The van der Waals surface area contributed by atoms with Crippen molar-refractivity contribution in [3.8, 4) is 0 Å². The quantitative estimate of drug-likeness (QED) is 0.665. The molecule has 0 unspecified atom stereocenters. The Morgan fingerprint density at radius 1 is 1.07 bits per heavy atom. The van der Waals surface area contributed by atoms with Gasteiger partial charge in [-0.25, -0.2) is 0 Å². The van der Waals surface area contributed by atoms with Crippen LogP contribution in [-0.4, -0.2) is 37.1 Å². The number of allylic oxidation sites excluding steroid dienone is 1. The monoisotopic (exact) mass is 385 g/mol. The Balaban J connectivity index is 1.50. The van der Waals surface area contributed by atoms with E-state index in [1.807, 2.05) is 6.08 Å². The van der Waals surface area contributed by atoms with E-state index < -0.39 is 0 Å². The van der Waals surface area contributed by atoms with Crippen molar-refractivity contribution >= 4 is 11.6 Å². The second-order valence-electron chi connectivity index (χ2n) is 11.0. The Morgan fingerprint density at radius 2 is 1.86 bits per heavy atom. The van der Waals surface area contributed by atoms with Crippen LogP contribution in [0.15, 0.2) is 11.6 Å². The zero-order chi connectivity index (χ0) is 20.1. The van der Waals surface area contributed by atoms with Crippen molar-refractivity contribution in [2.24, 2.45) is 34.5 Å². The number of Topliss-reactive ketones (excluding diaryl/α,β-unsaturated/α-hetero) is 1. The summed E-state index contributed by atoms with van der Waals surface area (Å²) in [5.74, 6) is 3.37. The van der Waals surface area contributed by atoms with Crippen LogP contribution in [0.3, 0.4) is 0 Å². The summed E-state index contributed by atoms with van der Waals surface area (Å²) in [6, 6.07) is 0. The van der Waals surface area contributed by atoms with Crippen molar-refractivity contribution < 1.29 is 9.59 Å². The maximum absolute atomic E-state index is 13.1. The van der Waals surface area contributed by atoms with Crippen LogP contribution in [0.2, 0.25) is 0 Å². The smallest absolute Gasteiger partial charge is 0.155 e. The van der Waals surface area contributed by atoms with Crippen molar-refractivity contribution in [2.75, 3.05) is 20.6 Å². The molecule has 4 aliphatic carbocycles. The lowest BCUT2D eigenvalue weighted by molar-refractivity contribution is -0.130. The van der Waals surface area contributed by atoms with Gasteiger partial charge in [0.1, 0.15) is 5.78 Å². The summed E-state index contributed by atoms with van der Waals surface area (Å²) in [7, 11) is 4.17. The zero-order valence-electron chi connectivity index (χ0n) is 18.4. The van der Waals surface area contributed by atoms with Gasteiger partial charge in [-0.15, -0.1) is 0 Å². The van der Waals surface area contributed by atoms with Crippen molar-refractivity contribution in [3.63, 3.8) is 0 Å². The van der Waals surface area contributed by atoms with Crippen LogP contribution in [0.25, 0.3) is 0 Å². The number of rotatable bonds is 5. The Labute approximate surface area is 171 Å². The lowest BCUT2D eigenvalue weighted by atomic mass is 9.46.